The fourth-order valence-corrected chi connectivity index (χ4v) is 10.5. The second kappa shape index (κ2) is 25.2. The first-order valence-electron chi connectivity index (χ1n) is 21.3. The molecule has 0 spiro atoms. The molecule has 4 rings (SSSR count). The highest BCUT2D eigenvalue weighted by Crippen LogP contribution is 2.62. The van der Waals surface area contributed by atoms with Gasteiger partial charge in [0.1, 0.15) is 60.2 Å². The third-order valence-electron chi connectivity index (χ3n) is 10.3. The Balaban J connectivity index is 1.41. The van der Waals surface area contributed by atoms with E-state index >= 15 is 4.39 Å². The normalized spacial score (nSPS) is 26.8. The van der Waals surface area contributed by atoms with E-state index < -0.39 is 113 Å². The number of anilines is 1. The van der Waals surface area contributed by atoms with Crippen LogP contribution in [-0.4, -0.2) is 132 Å². The Morgan fingerprint density at radius 3 is 2.05 bits per heavy atom. The van der Waals surface area contributed by atoms with Crippen molar-refractivity contribution in [2.75, 3.05) is 18.9 Å². The molecule has 0 bridgehead atoms. The number of carbonyl (C=O) groups excluding carboxylic acids is 4. The maximum atomic E-state index is 16.1. The summed E-state index contributed by atoms with van der Waals surface area (Å²) in [5.41, 5.74) is 6.52. The number of nitrogens with two attached hydrogens (primary N) is 1. The second-order valence-electron chi connectivity index (χ2n) is 15.6. The summed E-state index contributed by atoms with van der Waals surface area (Å²) in [6.45, 7) is -1.83. The van der Waals surface area contributed by atoms with E-state index in [4.69, 9.17) is 59.3 Å². The van der Waals surface area contributed by atoms with E-state index in [1.54, 1.807) is 0 Å². The third kappa shape index (κ3) is 16.2. The molecule has 4 heterocycles. The molecule has 3 unspecified atom stereocenters. The van der Waals surface area contributed by atoms with Crippen LogP contribution in [0.2, 0.25) is 0 Å². The van der Waals surface area contributed by atoms with Crippen molar-refractivity contribution < 1.29 is 89.9 Å². The number of carbonyl (C=O) groups is 4. The lowest BCUT2D eigenvalue weighted by Crippen LogP contribution is -2.64. The van der Waals surface area contributed by atoms with Crippen molar-refractivity contribution in [2.45, 2.75) is 166 Å². The molecule has 0 aromatic carbocycles. The second-order valence-corrected chi connectivity index (χ2v) is 20.0. The number of aliphatic hydroxyl groups is 2. The van der Waals surface area contributed by atoms with Gasteiger partial charge in [-0.15, -0.1) is 0 Å². The van der Waals surface area contributed by atoms with E-state index in [1.807, 2.05) is 0 Å². The van der Waals surface area contributed by atoms with Gasteiger partial charge in [0.2, 0.25) is 6.29 Å². The van der Waals surface area contributed by atoms with E-state index in [1.165, 1.54) is 43.8 Å². The number of unbranched alkanes of at least 4 members (excludes halogenated alkanes) is 10. The van der Waals surface area contributed by atoms with Gasteiger partial charge in [0, 0.05) is 34.2 Å². The summed E-state index contributed by atoms with van der Waals surface area (Å²) in [7, 11) is -4.23. The van der Waals surface area contributed by atoms with Gasteiger partial charge in [-0.2, -0.15) is 5.10 Å². The smallest absolute Gasteiger partial charge is 0.462 e. The first-order valence-corrected chi connectivity index (χ1v) is 25.3. The van der Waals surface area contributed by atoms with E-state index in [0.29, 0.717) is 11.9 Å². The predicted molar refractivity (Wildman–Crippen MR) is 227 cm³/mol. The largest absolute Gasteiger partial charge is 0.481 e. The Bertz CT molecular complexity index is 2020. The Kier molecular flexibility index (Phi) is 21.0. The lowest BCUT2D eigenvalue weighted by molar-refractivity contribution is -0.296. The van der Waals surface area contributed by atoms with E-state index in [0.717, 1.165) is 59.2 Å². The minimum atomic E-state index is -5.76. The Morgan fingerprint density at radius 2 is 1.45 bits per heavy atom. The topological polar surface area (TPSA) is 319 Å². The maximum Gasteiger partial charge on any atom is 0.481 e. The van der Waals surface area contributed by atoms with Crippen LogP contribution >= 0.6 is 14.5 Å². The summed E-state index contributed by atoms with van der Waals surface area (Å²) in [4.78, 5) is 79.1. The molecule has 23 nitrogen and oxygen atoms in total. The van der Waals surface area contributed by atoms with Crippen molar-refractivity contribution >= 4 is 67.1 Å². The minimum absolute atomic E-state index is 0.0292. The van der Waals surface area contributed by atoms with E-state index in [9.17, 15) is 43.7 Å². The van der Waals surface area contributed by atoms with Gasteiger partial charge in [-0.1, -0.05) is 71.1 Å². The SMILES string of the molecule is CCCCCCCCCCCCCC(=O)OC[C@H](F)C1O[C@@H](OP(=O)(O)OP(O)(=S)OC[C@H]2O[C@@H](c3nn(C)c4c(N)ncnc34)[C@H](O)[C@H]2O)[C@H](OC(C)=O)[C@@H](OC(C)=O)[C@@H]1OC(C)=O. The van der Waals surface area contributed by atoms with Crippen LogP contribution in [-0.2, 0) is 84.4 Å². The molecule has 27 heteroatoms. The maximum absolute atomic E-state index is 16.1. The summed E-state index contributed by atoms with van der Waals surface area (Å²) in [5, 5.41) is 25.9. The number of alkyl halides is 1. The zero-order chi connectivity index (χ0) is 48.1. The van der Waals surface area contributed by atoms with Crippen molar-refractivity contribution in [1.29, 1.82) is 0 Å². The lowest BCUT2D eigenvalue weighted by atomic mass is 9.95. The number of halogens is 1. The molecule has 0 amide bonds. The summed E-state index contributed by atoms with van der Waals surface area (Å²) < 4.78 is 78.2. The van der Waals surface area contributed by atoms with E-state index in [-0.39, 0.29) is 23.4 Å². The van der Waals surface area contributed by atoms with Gasteiger partial charge >= 0.3 is 38.4 Å². The van der Waals surface area contributed by atoms with Crippen molar-refractivity contribution in [3.63, 3.8) is 0 Å². The minimum Gasteiger partial charge on any atom is -0.462 e. The van der Waals surface area contributed by atoms with Gasteiger partial charge in [-0.05, 0) is 18.2 Å². The Morgan fingerprint density at radius 1 is 0.877 bits per heavy atom. The molecule has 2 fully saturated rings. The molecule has 2 saturated heterocycles. The fourth-order valence-electron chi connectivity index (χ4n) is 7.39. The number of aryl methyl sites for hydroxylation is 1. The average Bonchev–Trinajstić information content (AvgIpc) is 3.70. The van der Waals surface area contributed by atoms with Crippen molar-refractivity contribution in [3.05, 3.63) is 12.0 Å². The summed E-state index contributed by atoms with van der Waals surface area (Å²) in [5.74, 6) is -3.89. The molecular formula is C38H60FN5O18P2S. The molecule has 2 aliphatic rings. The molecule has 6 N–H and O–H groups in total. The molecule has 65 heavy (non-hydrogen) atoms. The van der Waals surface area contributed by atoms with Gasteiger partial charge in [0.25, 0.3) is 0 Å². The first-order chi connectivity index (χ1) is 30.6. The molecule has 2 aromatic rings. The van der Waals surface area contributed by atoms with Crippen LogP contribution in [0.5, 0.6) is 0 Å². The monoisotopic (exact) mass is 987 g/mol. The van der Waals surface area contributed by atoms with Gasteiger partial charge in [0.05, 0.1) is 6.61 Å². The highest BCUT2D eigenvalue weighted by atomic mass is 32.5. The number of nitrogen functional groups attached to an aromatic ring is 1. The number of fused-ring (bicyclic) bond motifs is 1. The van der Waals surface area contributed by atoms with Crippen LogP contribution in [0.15, 0.2) is 6.33 Å². The summed E-state index contributed by atoms with van der Waals surface area (Å²) in [6, 6.07) is 0. The number of hydrogen-bond donors (Lipinski definition) is 5. The highest BCUT2D eigenvalue weighted by Gasteiger charge is 2.57. The number of aliphatic hydroxyl groups excluding tert-OH is 2. The summed E-state index contributed by atoms with van der Waals surface area (Å²) >= 11 is 4.92. The molecule has 2 aromatic heterocycles. The number of esters is 4. The molecule has 368 valence electrons. The number of nitrogens with zero attached hydrogens (tertiary/aromatic N) is 4. The standard InChI is InChI=1S/C38H60FN5O18P2S/c1-6-7-8-9-10-11-12-13-14-15-16-17-26(48)54-18-24(39)32-34(56-21(2)45)35(57-22(3)46)36(58-23(4)47)38(60-32)61-63(51,52)62-64(53,65)55-19-25-30(49)31(50)33(59-25)28-27-29(44(5)43-28)37(40)42-20-41-27/h20,24-25,30-36,38,49-50H,6-19H2,1-5H3,(H,51,52)(H,53,65)(H2,40,41,42)/t24-,25+,30-,31+,32?,33-,34+,35-,36+,38-,64?/m0/s1. The van der Waals surface area contributed by atoms with Crippen molar-refractivity contribution in [2.24, 2.45) is 7.05 Å². The zero-order valence-electron chi connectivity index (χ0n) is 36.8. The Hall–Kier alpha value is -3.32. The van der Waals surface area contributed by atoms with Gasteiger partial charge in [-0.3, -0.25) is 28.4 Å². The van der Waals surface area contributed by atoms with Crippen LogP contribution in [0.4, 0.5) is 10.2 Å². The molecule has 0 radical (unpaired) electrons. The van der Waals surface area contributed by atoms with Crippen LogP contribution in [0, 0.1) is 0 Å². The number of rotatable bonds is 26. The summed E-state index contributed by atoms with van der Waals surface area (Å²) in [6.07, 6.45) is -6.28. The van der Waals surface area contributed by atoms with Gasteiger partial charge in [0.15, 0.2) is 30.3 Å². The van der Waals surface area contributed by atoms with Crippen molar-refractivity contribution in [3.8, 4) is 0 Å². The Labute approximate surface area is 379 Å². The van der Waals surface area contributed by atoms with Crippen LogP contribution < -0.4 is 5.73 Å². The lowest BCUT2D eigenvalue weighted by Gasteiger charge is -2.45. The van der Waals surface area contributed by atoms with Gasteiger partial charge in [-0.25, -0.2) is 23.2 Å². The van der Waals surface area contributed by atoms with Gasteiger partial charge < -0.3 is 58.7 Å². The van der Waals surface area contributed by atoms with Crippen LogP contribution in [0.1, 0.15) is 117 Å². The molecule has 2 aliphatic heterocycles. The quantitative estimate of drug-likeness (QED) is 0.0389. The number of hydrogen-bond acceptors (Lipinski definition) is 21. The van der Waals surface area contributed by atoms with Crippen LogP contribution in [0.3, 0.4) is 0 Å². The highest BCUT2D eigenvalue weighted by molar-refractivity contribution is 8.08. The fraction of sp³-hybridized carbons (Fsp3) is 0.763. The first kappa shape index (κ1) is 54.3. The molecule has 0 saturated carbocycles. The predicted octanol–water partition coefficient (Wildman–Crippen LogP) is 3.58. The third-order valence-corrected chi connectivity index (χ3v) is 13.9. The number of ether oxygens (including phenoxy) is 6. The number of aromatic nitrogens is 4. The molecule has 0 aliphatic carbocycles. The number of phosphoric acid groups is 1. The zero-order valence-corrected chi connectivity index (χ0v) is 39.4. The molecule has 12 atom stereocenters. The average molecular weight is 988 g/mol. The van der Waals surface area contributed by atoms with Crippen LogP contribution in [0.25, 0.3) is 11.0 Å². The molecular weight excluding hydrogens is 927 g/mol. The van der Waals surface area contributed by atoms with E-state index in [2.05, 4.69) is 22.0 Å². The number of phosphoric ester groups is 1. The van der Waals surface area contributed by atoms with Crippen molar-refractivity contribution in [1.82, 2.24) is 19.7 Å².